The first kappa shape index (κ1) is 19.6. The number of fused-ring (bicyclic) bond motifs is 1. The Morgan fingerprint density at radius 2 is 1.64 bits per heavy atom. The third kappa shape index (κ3) is 4.07. The number of esters is 2. The zero-order chi connectivity index (χ0) is 20.3. The highest BCUT2D eigenvalue weighted by Gasteiger charge is 2.23. The van der Waals surface area contributed by atoms with Crippen molar-refractivity contribution in [2.24, 2.45) is 0 Å². The van der Waals surface area contributed by atoms with Crippen LogP contribution in [0.4, 0.5) is 0 Å². The van der Waals surface area contributed by atoms with Gasteiger partial charge in [0.05, 0.1) is 22.6 Å². The highest BCUT2D eigenvalue weighted by molar-refractivity contribution is 7.90. The van der Waals surface area contributed by atoms with Gasteiger partial charge in [-0.3, -0.25) is 0 Å². The summed E-state index contributed by atoms with van der Waals surface area (Å²) in [4.78, 5) is 24.6. The van der Waals surface area contributed by atoms with Crippen LogP contribution in [-0.4, -0.2) is 33.2 Å². The molecule has 0 fully saturated rings. The maximum absolute atomic E-state index is 12.3. The number of hydrogen-bond acceptors (Lipinski definition) is 7. The van der Waals surface area contributed by atoms with Gasteiger partial charge in [0.15, 0.2) is 9.84 Å². The number of carbonyl (C=O) groups excluding carboxylic acids is 2. The lowest BCUT2D eigenvalue weighted by Gasteiger charge is -2.06. The van der Waals surface area contributed by atoms with Gasteiger partial charge in [-0.15, -0.1) is 0 Å². The second-order valence-corrected chi connectivity index (χ2v) is 8.01. The standard InChI is InChI=1S/C20H18O7S/c1-3-25-20(22)18-16(15-6-4-5-7-17(15)27-18)12-26-19(21)13-8-10-14(11-9-13)28(2,23)24/h4-11H,3,12H2,1-2H3. The molecule has 0 atom stereocenters. The molecule has 3 rings (SSSR count). The number of sulfone groups is 1. The molecule has 0 saturated heterocycles. The van der Waals surface area contributed by atoms with Crippen LogP contribution in [0.25, 0.3) is 11.0 Å². The van der Waals surface area contributed by atoms with E-state index in [1.54, 1.807) is 31.2 Å². The Balaban J connectivity index is 1.83. The van der Waals surface area contributed by atoms with Crippen LogP contribution in [0.5, 0.6) is 0 Å². The molecule has 0 amide bonds. The van der Waals surface area contributed by atoms with Crippen molar-refractivity contribution in [3.05, 3.63) is 65.4 Å². The van der Waals surface area contributed by atoms with Gasteiger partial charge >= 0.3 is 11.9 Å². The van der Waals surface area contributed by atoms with Gasteiger partial charge in [0.2, 0.25) is 5.76 Å². The summed E-state index contributed by atoms with van der Waals surface area (Å²) in [6.45, 7) is 1.67. The zero-order valence-corrected chi connectivity index (χ0v) is 16.1. The van der Waals surface area contributed by atoms with E-state index in [4.69, 9.17) is 13.9 Å². The number of ether oxygens (including phenoxy) is 2. The van der Waals surface area contributed by atoms with Gasteiger partial charge in [0.1, 0.15) is 12.2 Å². The molecule has 0 aliphatic rings. The SMILES string of the molecule is CCOC(=O)c1oc2ccccc2c1COC(=O)c1ccc(S(C)(=O)=O)cc1. The molecule has 8 heteroatoms. The van der Waals surface area contributed by atoms with Crippen LogP contribution < -0.4 is 0 Å². The Morgan fingerprint density at radius 3 is 2.29 bits per heavy atom. The first-order valence-electron chi connectivity index (χ1n) is 8.46. The Labute approximate surface area is 161 Å². The summed E-state index contributed by atoms with van der Waals surface area (Å²) in [5, 5.41) is 0.644. The number of rotatable bonds is 6. The van der Waals surface area contributed by atoms with Gasteiger partial charge in [-0.2, -0.15) is 0 Å². The van der Waals surface area contributed by atoms with Gasteiger partial charge in [-0.05, 0) is 37.3 Å². The predicted molar refractivity (Wildman–Crippen MR) is 101 cm³/mol. The molecule has 0 saturated carbocycles. The summed E-state index contributed by atoms with van der Waals surface area (Å²) in [6.07, 6.45) is 1.08. The van der Waals surface area contributed by atoms with E-state index in [9.17, 15) is 18.0 Å². The Bertz CT molecular complexity index is 1130. The molecule has 2 aromatic carbocycles. The first-order valence-corrected chi connectivity index (χ1v) is 10.3. The molecule has 146 valence electrons. The first-order chi connectivity index (χ1) is 13.3. The normalized spacial score (nSPS) is 11.4. The predicted octanol–water partition coefficient (Wildman–Crippen LogP) is 3.37. The van der Waals surface area contributed by atoms with Crippen molar-refractivity contribution in [1.82, 2.24) is 0 Å². The summed E-state index contributed by atoms with van der Waals surface area (Å²) in [5.74, 6) is -1.30. The molecule has 1 heterocycles. The summed E-state index contributed by atoms with van der Waals surface area (Å²) >= 11 is 0. The second-order valence-electron chi connectivity index (χ2n) is 6.00. The van der Waals surface area contributed by atoms with E-state index in [1.165, 1.54) is 24.3 Å². The summed E-state index contributed by atoms with van der Waals surface area (Å²) in [6, 6.07) is 12.4. The van der Waals surface area contributed by atoms with E-state index in [0.29, 0.717) is 16.5 Å². The molecule has 3 aromatic rings. The maximum atomic E-state index is 12.3. The molecular formula is C20H18O7S. The van der Waals surface area contributed by atoms with E-state index in [2.05, 4.69) is 0 Å². The quantitative estimate of drug-likeness (QED) is 0.583. The lowest BCUT2D eigenvalue weighted by molar-refractivity contribution is 0.0435. The minimum atomic E-state index is -3.35. The lowest BCUT2D eigenvalue weighted by Crippen LogP contribution is -2.10. The minimum absolute atomic E-state index is 0.0109. The number of carbonyl (C=O) groups is 2. The highest BCUT2D eigenvalue weighted by atomic mass is 32.2. The average Bonchev–Trinajstić information content (AvgIpc) is 3.04. The van der Waals surface area contributed by atoms with Crippen molar-refractivity contribution in [2.75, 3.05) is 12.9 Å². The van der Waals surface area contributed by atoms with E-state index >= 15 is 0 Å². The van der Waals surface area contributed by atoms with Crippen LogP contribution in [0.15, 0.2) is 57.8 Å². The molecule has 0 bridgehead atoms. The summed E-state index contributed by atoms with van der Waals surface area (Å²) in [5.41, 5.74) is 1.09. The van der Waals surface area contributed by atoms with Crippen molar-refractivity contribution >= 4 is 32.7 Å². The van der Waals surface area contributed by atoms with Crippen LogP contribution in [-0.2, 0) is 25.9 Å². The largest absolute Gasteiger partial charge is 0.460 e. The van der Waals surface area contributed by atoms with Crippen LogP contribution >= 0.6 is 0 Å². The fraction of sp³-hybridized carbons (Fsp3) is 0.200. The van der Waals surface area contributed by atoms with Crippen LogP contribution in [0, 0.1) is 0 Å². The molecule has 0 aliphatic heterocycles. The van der Waals surface area contributed by atoms with Gasteiger partial charge in [0.25, 0.3) is 0 Å². The molecule has 0 N–H and O–H groups in total. The minimum Gasteiger partial charge on any atom is -0.460 e. The fourth-order valence-electron chi connectivity index (χ4n) is 2.66. The zero-order valence-electron chi connectivity index (χ0n) is 15.3. The third-order valence-electron chi connectivity index (χ3n) is 4.02. The number of hydrogen-bond donors (Lipinski definition) is 0. The number of para-hydroxylation sites is 1. The average molecular weight is 402 g/mol. The van der Waals surface area contributed by atoms with Crippen LogP contribution in [0.2, 0.25) is 0 Å². The Morgan fingerprint density at radius 1 is 0.964 bits per heavy atom. The molecular weight excluding hydrogens is 384 g/mol. The molecule has 0 unspecified atom stereocenters. The van der Waals surface area contributed by atoms with Crippen LogP contribution in [0.1, 0.15) is 33.4 Å². The molecule has 0 aliphatic carbocycles. The van der Waals surface area contributed by atoms with Crippen molar-refractivity contribution in [3.8, 4) is 0 Å². The fourth-order valence-corrected chi connectivity index (χ4v) is 3.29. The van der Waals surface area contributed by atoms with Gasteiger partial charge in [-0.1, -0.05) is 18.2 Å². The summed E-state index contributed by atoms with van der Waals surface area (Å²) in [7, 11) is -3.35. The van der Waals surface area contributed by atoms with Crippen LogP contribution in [0.3, 0.4) is 0 Å². The highest BCUT2D eigenvalue weighted by Crippen LogP contribution is 2.27. The van der Waals surface area contributed by atoms with Crippen molar-refractivity contribution in [2.45, 2.75) is 18.4 Å². The Kier molecular flexibility index (Phi) is 5.51. The smallest absolute Gasteiger partial charge is 0.374 e. The van der Waals surface area contributed by atoms with Gasteiger partial charge < -0.3 is 13.9 Å². The van der Waals surface area contributed by atoms with Crippen molar-refractivity contribution in [3.63, 3.8) is 0 Å². The third-order valence-corrected chi connectivity index (χ3v) is 5.15. The summed E-state index contributed by atoms with van der Waals surface area (Å²) < 4.78 is 38.9. The second kappa shape index (κ2) is 7.85. The molecule has 0 spiro atoms. The molecule has 28 heavy (non-hydrogen) atoms. The van der Waals surface area contributed by atoms with Gasteiger partial charge in [0, 0.05) is 11.6 Å². The van der Waals surface area contributed by atoms with Crippen molar-refractivity contribution < 1.29 is 31.9 Å². The monoisotopic (exact) mass is 402 g/mol. The molecule has 0 radical (unpaired) electrons. The topological polar surface area (TPSA) is 99.9 Å². The van der Waals surface area contributed by atoms with E-state index in [1.807, 2.05) is 0 Å². The van der Waals surface area contributed by atoms with E-state index in [-0.39, 0.29) is 29.4 Å². The maximum Gasteiger partial charge on any atom is 0.374 e. The number of benzene rings is 2. The van der Waals surface area contributed by atoms with Gasteiger partial charge in [-0.25, -0.2) is 18.0 Å². The van der Waals surface area contributed by atoms with E-state index < -0.39 is 21.8 Å². The number of furan rings is 1. The van der Waals surface area contributed by atoms with E-state index in [0.717, 1.165) is 6.26 Å². The lowest BCUT2D eigenvalue weighted by atomic mass is 10.1. The molecule has 7 nitrogen and oxygen atoms in total. The van der Waals surface area contributed by atoms with Crippen molar-refractivity contribution in [1.29, 1.82) is 0 Å². The Hall–Kier alpha value is -3.13. The molecule has 1 aromatic heterocycles.